The van der Waals surface area contributed by atoms with Crippen molar-refractivity contribution in [1.82, 2.24) is 4.90 Å². The number of nitrogens with zero attached hydrogens (tertiary/aromatic N) is 1. The Morgan fingerprint density at radius 2 is 2.33 bits per heavy atom. The van der Waals surface area contributed by atoms with E-state index >= 15 is 0 Å². The average Bonchev–Trinajstić information content (AvgIpc) is 2.70. The van der Waals surface area contributed by atoms with Crippen molar-refractivity contribution in [2.75, 3.05) is 11.9 Å². The zero-order valence-electron chi connectivity index (χ0n) is 10.4. The third-order valence-corrected chi connectivity index (χ3v) is 4.50. The summed E-state index contributed by atoms with van der Waals surface area (Å²) >= 11 is 9.44. The summed E-state index contributed by atoms with van der Waals surface area (Å²) < 4.78 is 0. The summed E-state index contributed by atoms with van der Waals surface area (Å²) in [6, 6.07) is 7.86. The molecule has 1 amide bonds. The van der Waals surface area contributed by atoms with Crippen LogP contribution < -0.4 is 0 Å². The maximum absolute atomic E-state index is 12.3. The van der Waals surface area contributed by atoms with Gasteiger partial charge in [0.1, 0.15) is 0 Å². The molecule has 2 nitrogen and oxygen atoms in total. The highest BCUT2D eigenvalue weighted by Gasteiger charge is 2.33. The molecule has 1 heterocycles. The standard InChI is InChI=1S/C14H17BrClNO/c1-10-5-6-17(13(10)9-15)14(18)8-11-3-2-4-12(16)7-11/h2-4,7,10,13H,5-6,8-9H2,1H3. The number of carbonyl (C=O) groups excluding carboxylic acids is 1. The van der Waals surface area contributed by atoms with Gasteiger partial charge in [0, 0.05) is 22.9 Å². The van der Waals surface area contributed by atoms with Gasteiger partial charge in [-0.1, -0.05) is 46.6 Å². The number of halogens is 2. The summed E-state index contributed by atoms with van der Waals surface area (Å²) in [7, 11) is 0. The number of amides is 1. The van der Waals surface area contributed by atoms with Gasteiger partial charge in [0.2, 0.25) is 5.91 Å². The number of hydrogen-bond donors (Lipinski definition) is 0. The Kier molecular flexibility index (Phi) is 4.68. The monoisotopic (exact) mass is 329 g/mol. The molecule has 2 rings (SSSR count). The zero-order valence-corrected chi connectivity index (χ0v) is 12.7. The molecule has 1 saturated heterocycles. The molecule has 1 aromatic carbocycles. The largest absolute Gasteiger partial charge is 0.338 e. The fraction of sp³-hybridized carbons (Fsp3) is 0.500. The molecule has 98 valence electrons. The van der Waals surface area contributed by atoms with E-state index in [1.165, 1.54) is 0 Å². The molecule has 0 spiro atoms. The fourth-order valence-electron chi connectivity index (χ4n) is 2.48. The van der Waals surface area contributed by atoms with Gasteiger partial charge >= 0.3 is 0 Å². The zero-order chi connectivity index (χ0) is 13.1. The highest BCUT2D eigenvalue weighted by Crippen LogP contribution is 2.26. The Morgan fingerprint density at radius 1 is 1.56 bits per heavy atom. The topological polar surface area (TPSA) is 20.3 Å². The van der Waals surface area contributed by atoms with Crippen LogP contribution in [0.4, 0.5) is 0 Å². The Hall–Kier alpha value is -0.540. The fourth-order valence-corrected chi connectivity index (χ4v) is 3.68. The predicted octanol–water partition coefficient (Wildman–Crippen LogP) is 3.51. The lowest BCUT2D eigenvalue weighted by Gasteiger charge is -2.25. The van der Waals surface area contributed by atoms with Gasteiger partial charge in [0.15, 0.2) is 0 Å². The van der Waals surface area contributed by atoms with E-state index in [1.54, 1.807) is 0 Å². The summed E-state index contributed by atoms with van der Waals surface area (Å²) in [6.45, 7) is 3.08. The summed E-state index contributed by atoms with van der Waals surface area (Å²) in [5.41, 5.74) is 0.986. The normalized spacial score (nSPS) is 23.4. The third kappa shape index (κ3) is 3.07. The van der Waals surface area contributed by atoms with Crippen LogP contribution in [0, 0.1) is 5.92 Å². The van der Waals surface area contributed by atoms with Gasteiger partial charge < -0.3 is 4.90 Å². The van der Waals surface area contributed by atoms with E-state index in [9.17, 15) is 4.79 Å². The molecular weight excluding hydrogens is 314 g/mol. The molecule has 1 fully saturated rings. The number of rotatable bonds is 3. The molecule has 4 heteroatoms. The van der Waals surface area contributed by atoms with Gasteiger partial charge in [0.05, 0.1) is 6.42 Å². The quantitative estimate of drug-likeness (QED) is 0.777. The van der Waals surface area contributed by atoms with E-state index in [0.717, 1.165) is 23.9 Å². The minimum atomic E-state index is 0.200. The van der Waals surface area contributed by atoms with Crippen LogP contribution in [0.5, 0.6) is 0 Å². The van der Waals surface area contributed by atoms with Gasteiger partial charge in [-0.15, -0.1) is 0 Å². The van der Waals surface area contributed by atoms with Crippen LogP contribution in [0.3, 0.4) is 0 Å². The maximum Gasteiger partial charge on any atom is 0.227 e. The number of alkyl halides is 1. The molecule has 0 aliphatic carbocycles. The molecular formula is C14H17BrClNO. The first kappa shape index (κ1) is 13.9. The Labute approximate surface area is 121 Å². The highest BCUT2D eigenvalue weighted by molar-refractivity contribution is 9.09. The van der Waals surface area contributed by atoms with Crippen molar-refractivity contribution in [3.05, 3.63) is 34.9 Å². The van der Waals surface area contributed by atoms with E-state index < -0.39 is 0 Å². The summed E-state index contributed by atoms with van der Waals surface area (Å²) in [5, 5.41) is 1.54. The maximum atomic E-state index is 12.3. The van der Waals surface area contributed by atoms with Gasteiger partial charge in [-0.2, -0.15) is 0 Å². The Balaban J connectivity index is 2.04. The summed E-state index contributed by atoms with van der Waals surface area (Å²) in [5.74, 6) is 0.777. The minimum Gasteiger partial charge on any atom is -0.338 e. The lowest BCUT2D eigenvalue weighted by molar-refractivity contribution is -0.131. The van der Waals surface area contributed by atoms with E-state index in [1.807, 2.05) is 29.2 Å². The first-order valence-corrected chi connectivity index (χ1v) is 7.71. The minimum absolute atomic E-state index is 0.200. The molecule has 0 N–H and O–H groups in total. The molecule has 1 aromatic rings. The van der Waals surface area contributed by atoms with Crippen LogP contribution in [0.2, 0.25) is 5.02 Å². The Bertz CT molecular complexity index is 438. The second-order valence-corrected chi connectivity index (χ2v) is 5.97. The summed E-state index contributed by atoms with van der Waals surface area (Å²) in [6.07, 6.45) is 1.54. The second-order valence-electron chi connectivity index (χ2n) is 4.88. The number of carbonyl (C=O) groups is 1. The van der Waals surface area contributed by atoms with Crippen LogP contribution in [-0.2, 0) is 11.2 Å². The molecule has 18 heavy (non-hydrogen) atoms. The van der Waals surface area contributed by atoms with Gasteiger partial charge in [-0.3, -0.25) is 4.79 Å². The molecule has 0 saturated carbocycles. The first-order valence-electron chi connectivity index (χ1n) is 6.21. The number of benzene rings is 1. The Morgan fingerprint density at radius 3 is 3.00 bits per heavy atom. The van der Waals surface area contributed by atoms with Crippen molar-refractivity contribution >= 4 is 33.4 Å². The SMILES string of the molecule is CC1CCN(C(=O)Cc2cccc(Cl)c2)C1CBr. The van der Waals surface area contributed by atoms with Crippen molar-refractivity contribution in [2.45, 2.75) is 25.8 Å². The smallest absolute Gasteiger partial charge is 0.227 e. The van der Waals surface area contributed by atoms with Crippen LogP contribution in [-0.4, -0.2) is 28.7 Å². The van der Waals surface area contributed by atoms with Gasteiger partial charge in [-0.05, 0) is 30.0 Å². The average molecular weight is 331 g/mol. The molecule has 0 aromatic heterocycles. The van der Waals surface area contributed by atoms with Crippen LogP contribution in [0.25, 0.3) is 0 Å². The molecule has 1 aliphatic heterocycles. The lowest BCUT2D eigenvalue weighted by Crippen LogP contribution is -2.39. The van der Waals surface area contributed by atoms with Crippen molar-refractivity contribution in [3.8, 4) is 0 Å². The van der Waals surface area contributed by atoms with Crippen LogP contribution in [0.1, 0.15) is 18.9 Å². The molecule has 2 unspecified atom stereocenters. The van der Waals surface area contributed by atoms with E-state index in [2.05, 4.69) is 22.9 Å². The second kappa shape index (κ2) is 6.07. The van der Waals surface area contributed by atoms with Crippen molar-refractivity contribution in [1.29, 1.82) is 0 Å². The van der Waals surface area contributed by atoms with E-state index in [0.29, 0.717) is 23.4 Å². The van der Waals surface area contributed by atoms with E-state index in [-0.39, 0.29) is 5.91 Å². The van der Waals surface area contributed by atoms with Gasteiger partial charge in [-0.25, -0.2) is 0 Å². The molecule has 1 aliphatic rings. The number of likely N-dealkylation sites (tertiary alicyclic amines) is 1. The predicted molar refractivity (Wildman–Crippen MR) is 78.2 cm³/mol. The van der Waals surface area contributed by atoms with E-state index in [4.69, 9.17) is 11.6 Å². The van der Waals surface area contributed by atoms with Crippen molar-refractivity contribution < 1.29 is 4.79 Å². The summed E-state index contributed by atoms with van der Waals surface area (Å²) in [4.78, 5) is 14.3. The van der Waals surface area contributed by atoms with Gasteiger partial charge in [0.25, 0.3) is 0 Å². The third-order valence-electron chi connectivity index (χ3n) is 3.61. The first-order chi connectivity index (χ1) is 8.61. The van der Waals surface area contributed by atoms with Crippen LogP contribution in [0.15, 0.2) is 24.3 Å². The van der Waals surface area contributed by atoms with Crippen LogP contribution >= 0.6 is 27.5 Å². The molecule has 0 bridgehead atoms. The van der Waals surface area contributed by atoms with Crippen molar-refractivity contribution in [2.24, 2.45) is 5.92 Å². The lowest BCUT2D eigenvalue weighted by atomic mass is 10.0. The van der Waals surface area contributed by atoms with Crippen molar-refractivity contribution in [3.63, 3.8) is 0 Å². The molecule has 0 radical (unpaired) electrons. The highest BCUT2D eigenvalue weighted by atomic mass is 79.9. The molecule has 2 atom stereocenters. The number of hydrogen-bond acceptors (Lipinski definition) is 1.